The second-order valence-electron chi connectivity index (χ2n) is 2.72. The molecule has 0 nitrogen and oxygen atoms in total. The lowest BCUT2D eigenvalue weighted by Gasteiger charge is -2.15. The molecule has 1 aliphatic rings. The minimum absolute atomic E-state index is 0.00463. The van der Waals surface area contributed by atoms with Crippen molar-refractivity contribution < 1.29 is 0 Å². The first-order valence-electron chi connectivity index (χ1n) is 3.15. The van der Waals surface area contributed by atoms with Crippen molar-refractivity contribution in [3.8, 4) is 0 Å². The summed E-state index contributed by atoms with van der Waals surface area (Å²) >= 11 is 0. The van der Waals surface area contributed by atoms with E-state index in [0.717, 1.165) is 6.42 Å². The van der Waals surface area contributed by atoms with Gasteiger partial charge in [0.05, 0.1) is 31.4 Å². The highest BCUT2D eigenvalue weighted by molar-refractivity contribution is 6.31. The average molecular weight is 109 g/mol. The van der Waals surface area contributed by atoms with Crippen LogP contribution in [0.1, 0.15) is 6.42 Å². The number of hydrogen-bond donors (Lipinski definition) is 0. The Kier molecular flexibility index (Phi) is 2.03. The topological polar surface area (TPSA) is 0 Å². The first kappa shape index (κ1) is 7.37. The van der Waals surface area contributed by atoms with Gasteiger partial charge in [-0.15, -0.1) is 0 Å². The second kappa shape index (κ2) is 2.48. The van der Waals surface area contributed by atoms with Gasteiger partial charge in [-0.1, -0.05) is 29.7 Å². The predicted octanol–water partition coefficient (Wildman–Crippen LogP) is 0.218. The van der Waals surface area contributed by atoms with E-state index in [1.807, 2.05) is 0 Å². The molecule has 0 bridgehead atoms. The van der Waals surface area contributed by atoms with Gasteiger partial charge < -0.3 is 0 Å². The molecule has 38 valence electrons. The highest BCUT2D eigenvalue weighted by atomic mass is 14.3. The quantitative estimate of drug-likeness (QED) is 0.390. The highest BCUT2D eigenvalue weighted by Gasteiger charge is 2.30. The lowest BCUT2D eigenvalue weighted by molar-refractivity contribution is 0.871. The van der Waals surface area contributed by atoms with Crippen molar-refractivity contribution in [1.82, 2.24) is 0 Å². The van der Waals surface area contributed by atoms with Crippen LogP contribution in [0.3, 0.4) is 0 Å². The van der Waals surface area contributed by atoms with Crippen LogP contribution in [-0.2, 0) is 0 Å². The standard InChI is InChI=1S/C5H6B4/c6-2-1-3(7)5(9)4(2)8/h2-5H,1H2. The summed E-state index contributed by atoms with van der Waals surface area (Å²) in [4.78, 5) is 0. The summed E-state index contributed by atoms with van der Waals surface area (Å²) in [6.45, 7) is 0. The van der Waals surface area contributed by atoms with Gasteiger partial charge in [0.15, 0.2) is 0 Å². The van der Waals surface area contributed by atoms with Gasteiger partial charge in [0.1, 0.15) is 0 Å². The molecular weight excluding hydrogens is 103 g/mol. The van der Waals surface area contributed by atoms with Crippen molar-refractivity contribution in [1.29, 1.82) is 0 Å². The molecule has 0 aromatic carbocycles. The van der Waals surface area contributed by atoms with Gasteiger partial charge >= 0.3 is 0 Å². The molecule has 4 atom stereocenters. The highest BCUT2D eigenvalue weighted by Crippen LogP contribution is 2.50. The summed E-state index contributed by atoms with van der Waals surface area (Å²) in [5.74, 6) is -0.231. The Bertz CT molecular complexity index is 93.1. The van der Waals surface area contributed by atoms with Gasteiger partial charge in [-0.05, 0) is 0 Å². The molecule has 1 fully saturated rings. The Labute approximate surface area is 61.8 Å². The van der Waals surface area contributed by atoms with Crippen LogP contribution in [0.2, 0.25) is 23.3 Å². The van der Waals surface area contributed by atoms with E-state index in [-0.39, 0.29) is 23.3 Å². The van der Waals surface area contributed by atoms with Gasteiger partial charge in [-0.2, -0.15) is 0 Å². The lowest BCUT2D eigenvalue weighted by Crippen LogP contribution is -2.01. The maximum atomic E-state index is 5.58. The van der Waals surface area contributed by atoms with Crippen LogP contribution in [-0.4, -0.2) is 31.4 Å². The van der Waals surface area contributed by atoms with E-state index >= 15 is 0 Å². The van der Waals surface area contributed by atoms with Gasteiger partial charge in [0.25, 0.3) is 0 Å². The molecular formula is C5H6B4. The van der Waals surface area contributed by atoms with Gasteiger partial charge in [0.2, 0.25) is 0 Å². The summed E-state index contributed by atoms with van der Waals surface area (Å²) in [6, 6.07) is 0. The Morgan fingerprint density at radius 3 is 1.22 bits per heavy atom. The summed E-state index contributed by atoms with van der Waals surface area (Å²) in [5, 5.41) is 0. The molecule has 4 unspecified atom stereocenters. The fourth-order valence-electron chi connectivity index (χ4n) is 1.20. The van der Waals surface area contributed by atoms with Crippen molar-refractivity contribution in [2.75, 3.05) is 0 Å². The smallest absolute Gasteiger partial charge is 0.0692 e. The monoisotopic (exact) mass is 110 g/mol. The third-order valence-electron chi connectivity index (χ3n) is 1.98. The average Bonchev–Trinajstić information content (AvgIpc) is 1.98. The van der Waals surface area contributed by atoms with Crippen LogP contribution in [0.4, 0.5) is 0 Å². The first-order valence-corrected chi connectivity index (χ1v) is 3.15. The van der Waals surface area contributed by atoms with E-state index in [1.165, 1.54) is 0 Å². The van der Waals surface area contributed by atoms with Crippen LogP contribution in [0.15, 0.2) is 0 Å². The fourth-order valence-corrected chi connectivity index (χ4v) is 1.20. The molecule has 1 aliphatic carbocycles. The minimum Gasteiger partial charge on any atom is -0.0875 e. The molecule has 1 saturated carbocycles. The fraction of sp³-hybridized carbons (Fsp3) is 1.00. The number of hydrogen-bond acceptors (Lipinski definition) is 0. The lowest BCUT2D eigenvalue weighted by atomic mass is 9.58. The van der Waals surface area contributed by atoms with Crippen molar-refractivity contribution in [3.63, 3.8) is 0 Å². The molecule has 0 aromatic heterocycles. The van der Waals surface area contributed by atoms with E-state index in [4.69, 9.17) is 31.4 Å². The Balaban J connectivity index is 2.54. The molecule has 4 heteroatoms. The zero-order valence-electron chi connectivity index (χ0n) is 5.33. The van der Waals surface area contributed by atoms with E-state index < -0.39 is 0 Å². The normalized spacial score (nSPS) is 51.6. The molecule has 0 aromatic rings. The number of rotatable bonds is 0. The van der Waals surface area contributed by atoms with Gasteiger partial charge in [-0.25, -0.2) is 0 Å². The van der Waals surface area contributed by atoms with Crippen LogP contribution in [0.25, 0.3) is 0 Å². The third-order valence-corrected chi connectivity index (χ3v) is 1.98. The summed E-state index contributed by atoms with van der Waals surface area (Å²) in [5.41, 5.74) is 0. The minimum atomic E-state index is -0.111. The Morgan fingerprint density at radius 2 is 1.11 bits per heavy atom. The summed E-state index contributed by atoms with van der Waals surface area (Å²) < 4.78 is 0. The Hall–Kier alpha value is 0.260. The van der Waals surface area contributed by atoms with E-state index in [2.05, 4.69) is 0 Å². The molecule has 0 amide bonds. The summed E-state index contributed by atoms with van der Waals surface area (Å²) in [7, 11) is 22.3. The van der Waals surface area contributed by atoms with Crippen LogP contribution in [0.5, 0.6) is 0 Å². The van der Waals surface area contributed by atoms with Crippen LogP contribution in [0, 0.1) is 0 Å². The van der Waals surface area contributed by atoms with E-state index in [1.54, 1.807) is 0 Å². The predicted molar refractivity (Wildman–Crippen MR) is 42.6 cm³/mol. The SMILES string of the molecule is [B]C1CC([B])C([B])C1[B]. The molecule has 8 radical (unpaired) electrons. The third kappa shape index (κ3) is 1.22. The second-order valence-corrected chi connectivity index (χ2v) is 2.72. The first-order chi connectivity index (χ1) is 4.13. The van der Waals surface area contributed by atoms with Crippen LogP contribution < -0.4 is 0 Å². The molecule has 0 heterocycles. The van der Waals surface area contributed by atoms with Gasteiger partial charge in [-0.3, -0.25) is 0 Å². The van der Waals surface area contributed by atoms with E-state index in [0.29, 0.717) is 0 Å². The molecule has 0 aliphatic heterocycles. The molecule has 0 saturated heterocycles. The largest absolute Gasteiger partial charge is 0.0875 e. The summed E-state index contributed by atoms with van der Waals surface area (Å²) in [6.07, 6.45) is 0.752. The molecule has 0 spiro atoms. The van der Waals surface area contributed by atoms with Gasteiger partial charge in [0, 0.05) is 0 Å². The van der Waals surface area contributed by atoms with Crippen molar-refractivity contribution in [3.05, 3.63) is 0 Å². The van der Waals surface area contributed by atoms with Crippen LogP contribution >= 0.6 is 0 Å². The maximum Gasteiger partial charge on any atom is 0.0692 e. The van der Waals surface area contributed by atoms with E-state index in [9.17, 15) is 0 Å². The zero-order chi connectivity index (χ0) is 7.02. The molecule has 1 rings (SSSR count). The Morgan fingerprint density at radius 1 is 0.778 bits per heavy atom. The molecule has 0 N–H and O–H groups in total. The van der Waals surface area contributed by atoms with Crippen molar-refractivity contribution >= 4 is 31.4 Å². The van der Waals surface area contributed by atoms with Crippen molar-refractivity contribution in [2.24, 2.45) is 0 Å². The molecule has 9 heavy (non-hydrogen) atoms. The maximum absolute atomic E-state index is 5.58. The van der Waals surface area contributed by atoms with Crippen molar-refractivity contribution in [2.45, 2.75) is 29.7 Å². The zero-order valence-corrected chi connectivity index (χ0v) is 5.33.